The lowest BCUT2D eigenvalue weighted by Gasteiger charge is -2.39. The fourth-order valence-electron chi connectivity index (χ4n) is 2.80. The fourth-order valence-corrected chi connectivity index (χ4v) is 4.17. The normalized spacial score (nSPS) is 19.5. The quantitative estimate of drug-likeness (QED) is 0.637. The molecule has 1 aliphatic rings. The highest BCUT2D eigenvalue weighted by atomic mass is 32.2. The Hall–Kier alpha value is -1.76. The molecule has 1 heterocycles. The van der Waals surface area contributed by atoms with Crippen LogP contribution in [-0.2, 0) is 16.4 Å². The zero-order valence-corrected chi connectivity index (χ0v) is 16.4. The van der Waals surface area contributed by atoms with Crippen LogP contribution in [0.4, 0.5) is 0 Å². The van der Waals surface area contributed by atoms with Gasteiger partial charge in [0.1, 0.15) is 5.75 Å². The number of ether oxygens (including phenoxy) is 1. The molecule has 0 bridgehead atoms. The first kappa shape index (κ1) is 19.6. The standard InChI is InChI=1S/C18H29N3O3S/c1-5-10-24-16-8-6-7-15(12-16)13-20-17(19-4)21-9-11-25(22,23)18(2,3)14-21/h6-8,12H,5,9-11,13-14H2,1-4H3,(H,19,20). The average molecular weight is 368 g/mol. The minimum atomic E-state index is -3.06. The minimum Gasteiger partial charge on any atom is -0.494 e. The van der Waals surface area contributed by atoms with Crippen molar-refractivity contribution >= 4 is 15.8 Å². The molecule has 25 heavy (non-hydrogen) atoms. The first-order valence-electron chi connectivity index (χ1n) is 8.68. The van der Waals surface area contributed by atoms with E-state index in [-0.39, 0.29) is 5.75 Å². The van der Waals surface area contributed by atoms with Crippen molar-refractivity contribution in [1.82, 2.24) is 10.2 Å². The van der Waals surface area contributed by atoms with Gasteiger partial charge in [0, 0.05) is 26.7 Å². The third-order valence-corrected chi connectivity index (χ3v) is 6.91. The highest BCUT2D eigenvalue weighted by Gasteiger charge is 2.40. The van der Waals surface area contributed by atoms with Gasteiger partial charge in [-0.15, -0.1) is 0 Å². The summed E-state index contributed by atoms with van der Waals surface area (Å²) in [5.41, 5.74) is 1.10. The number of guanidine groups is 1. The molecule has 6 nitrogen and oxygen atoms in total. The molecule has 140 valence electrons. The van der Waals surface area contributed by atoms with Crippen molar-refractivity contribution in [3.8, 4) is 5.75 Å². The van der Waals surface area contributed by atoms with E-state index in [4.69, 9.17) is 4.74 Å². The molecule has 1 N–H and O–H groups in total. The van der Waals surface area contributed by atoms with Crippen LogP contribution in [0, 0.1) is 0 Å². The molecule has 1 aliphatic heterocycles. The molecule has 1 aromatic rings. The molecule has 0 unspecified atom stereocenters. The molecular formula is C18H29N3O3S. The van der Waals surface area contributed by atoms with E-state index in [9.17, 15) is 8.42 Å². The Morgan fingerprint density at radius 1 is 1.40 bits per heavy atom. The van der Waals surface area contributed by atoms with Crippen molar-refractivity contribution in [2.24, 2.45) is 4.99 Å². The highest BCUT2D eigenvalue weighted by Crippen LogP contribution is 2.23. The van der Waals surface area contributed by atoms with E-state index in [2.05, 4.69) is 17.2 Å². The molecule has 0 aromatic heterocycles. The zero-order chi connectivity index (χ0) is 18.5. The van der Waals surface area contributed by atoms with E-state index in [0.29, 0.717) is 26.2 Å². The number of aliphatic imine (C=N–C) groups is 1. The molecule has 1 fully saturated rings. The summed E-state index contributed by atoms with van der Waals surface area (Å²) in [5.74, 6) is 1.74. The van der Waals surface area contributed by atoms with Crippen molar-refractivity contribution in [1.29, 1.82) is 0 Å². The summed E-state index contributed by atoms with van der Waals surface area (Å²) < 4.78 is 29.2. The summed E-state index contributed by atoms with van der Waals surface area (Å²) in [7, 11) is -1.34. The Morgan fingerprint density at radius 2 is 2.16 bits per heavy atom. The Balaban J connectivity index is 1.99. The van der Waals surface area contributed by atoms with Gasteiger partial charge in [0.2, 0.25) is 0 Å². The molecule has 0 spiro atoms. The fraction of sp³-hybridized carbons (Fsp3) is 0.611. The van der Waals surface area contributed by atoms with Crippen LogP contribution in [0.5, 0.6) is 5.75 Å². The number of nitrogens with zero attached hydrogens (tertiary/aromatic N) is 2. The summed E-state index contributed by atoms with van der Waals surface area (Å²) in [6, 6.07) is 7.97. The Morgan fingerprint density at radius 3 is 2.80 bits per heavy atom. The van der Waals surface area contributed by atoms with E-state index in [1.807, 2.05) is 29.2 Å². The smallest absolute Gasteiger partial charge is 0.193 e. The van der Waals surface area contributed by atoms with Crippen LogP contribution < -0.4 is 10.1 Å². The monoisotopic (exact) mass is 367 g/mol. The van der Waals surface area contributed by atoms with E-state index in [1.165, 1.54) is 0 Å². The highest BCUT2D eigenvalue weighted by molar-refractivity contribution is 7.92. The van der Waals surface area contributed by atoms with Crippen molar-refractivity contribution in [2.75, 3.05) is 32.5 Å². The van der Waals surface area contributed by atoms with Crippen LogP contribution in [0.15, 0.2) is 29.3 Å². The first-order valence-corrected chi connectivity index (χ1v) is 10.3. The number of benzene rings is 1. The SMILES string of the molecule is CCCOc1cccc(CNC(=NC)N2CCS(=O)(=O)C(C)(C)C2)c1. The molecule has 7 heteroatoms. The van der Waals surface area contributed by atoms with Crippen LogP contribution in [0.25, 0.3) is 0 Å². The first-order chi connectivity index (χ1) is 11.8. The summed E-state index contributed by atoms with van der Waals surface area (Å²) >= 11 is 0. The molecule has 2 rings (SSSR count). The van der Waals surface area contributed by atoms with Gasteiger partial charge < -0.3 is 15.0 Å². The molecule has 0 amide bonds. The van der Waals surface area contributed by atoms with E-state index in [1.54, 1.807) is 20.9 Å². The third kappa shape index (κ3) is 4.87. The van der Waals surface area contributed by atoms with Crippen LogP contribution in [0.3, 0.4) is 0 Å². The number of hydrogen-bond acceptors (Lipinski definition) is 4. The second-order valence-electron chi connectivity index (χ2n) is 6.90. The maximum Gasteiger partial charge on any atom is 0.193 e. The number of sulfone groups is 1. The van der Waals surface area contributed by atoms with Crippen LogP contribution in [0.2, 0.25) is 0 Å². The number of rotatable bonds is 5. The largest absolute Gasteiger partial charge is 0.494 e. The topological polar surface area (TPSA) is 71.0 Å². The van der Waals surface area contributed by atoms with Gasteiger partial charge in [0.25, 0.3) is 0 Å². The second-order valence-corrected chi connectivity index (χ2v) is 9.64. The average Bonchev–Trinajstić information content (AvgIpc) is 2.57. The Kier molecular flexibility index (Phi) is 6.32. The van der Waals surface area contributed by atoms with Gasteiger partial charge in [-0.3, -0.25) is 4.99 Å². The molecule has 0 aliphatic carbocycles. The second kappa shape index (κ2) is 8.08. The third-order valence-electron chi connectivity index (χ3n) is 4.38. The maximum absolute atomic E-state index is 12.2. The number of hydrogen-bond donors (Lipinski definition) is 1. The van der Waals surface area contributed by atoms with Gasteiger partial charge in [0.05, 0.1) is 17.1 Å². The van der Waals surface area contributed by atoms with E-state index >= 15 is 0 Å². The van der Waals surface area contributed by atoms with Crippen LogP contribution in [-0.4, -0.2) is 56.5 Å². The van der Waals surface area contributed by atoms with Gasteiger partial charge in [-0.2, -0.15) is 0 Å². The summed E-state index contributed by atoms with van der Waals surface area (Å²) in [6.07, 6.45) is 0.975. The molecule has 1 aromatic carbocycles. The van der Waals surface area contributed by atoms with Crippen LogP contribution in [0.1, 0.15) is 32.8 Å². The van der Waals surface area contributed by atoms with Gasteiger partial charge in [0.15, 0.2) is 15.8 Å². The van der Waals surface area contributed by atoms with E-state index < -0.39 is 14.6 Å². The molecule has 0 radical (unpaired) electrons. The zero-order valence-electron chi connectivity index (χ0n) is 15.6. The van der Waals surface area contributed by atoms with Gasteiger partial charge in [-0.25, -0.2) is 8.42 Å². The molecule has 1 saturated heterocycles. The van der Waals surface area contributed by atoms with Gasteiger partial charge >= 0.3 is 0 Å². The molecular weight excluding hydrogens is 338 g/mol. The maximum atomic E-state index is 12.2. The Bertz CT molecular complexity index is 714. The lowest BCUT2D eigenvalue weighted by atomic mass is 10.2. The Labute approximate surface area is 151 Å². The summed E-state index contributed by atoms with van der Waals surface area (Å²) in [4.78, 5) is 6.33. The predicted molar refractivity (Wildman–Crippen MR) is 102 cm³/mol. The summed E-state index contributed by atoms with van der Waals surface area (Å²) in [5, 5.41) is 3.33. The van der Waals surface area contributed by atoms with Crippen molar-refractivity contribution in [2.45, 2.75) is 38.5 Å². The van der Waals surface area contributed by atoms with Crippen LogP contribution >= 0.6 is 0 Å². The van der Waals surface area contributed by atoms with E-state index in [0.717, 1.165) is 23.7 Å². The van der Waals surface area contributed by atoms with Crippen molar-refractivity contribution < 1.29 is 13.2 Å². The van der Waals surface area contributed by atoms with Gasteiger partial charge in [-0.05, 0) is 38.0 Å². The lowest BCUT2D eigenvalue weighted by molar-refractivity contribution is 0.317. The van der Waals surface area contributed by atoms with Crippen molar-refractivity contribution in [3.63, 3.8) is 0 Å². The van der Waals surface area contributed by atoms with Gasteiger partial charge in [-0.1, -0.05) is 19.1 Å². The molecule has 0 atom stereocenters. The number of nitrogens with one attached hydrogen (secondary N) is 1. The molecule has 0 saturated carbocycles. The summed E-state index contributed by atoms with van der Waals surface area (Å²) in [6.45, 7) is 7.84. The predicted octanol–water partition coefficient (Wildman–Crippen LogP) is 2.06. The minimum absolute atomic E-state index is 0.154. The lowest BCUT2D eigenvalue weighted by Crippen LogP contribution is -2.57. The van der Waals surface area contributed by atoms with Crippen molar-refractivity contribution in [3.05, 3.63) is 29.8 Å².